The first-order valence-corrected chi connectivity index (χ1v) is 8.67. The summed E-state index contributed by atoms with van der Waals surface area (Å²) in [4.78, 5) is 26.4. The number of halogens is 1. The van der Waals surface area contributed by atoms with E-state index in [1.54, 1.807) is 29.2 Å². The van der Waals surface area contributed by atoms with Gasteiger partial charge in [0, 0.05) is 35.4 Å². The Morgan fingerprint density at radius 2 is 1.60 bits per heavy atom. The zero-order valence-electron chi connectivity index (χ0n) is 13.7. The maximum absolute atomic E-state index is 12.3. The van der Waals surface area contributed by atoms with E-state index in [-0.39, 0.29) is 17.9 Å². The van der Waals surface area contributed by atoms with Gasteiger partial charge in [-0.05, 0) is 43.2 Å². The summed E-state index contributed by atoms with van der Waals surface area (Å²) in [6, 6.07) is 16.3. The number of anilines is 2. The summed E-state index contributed by atoms with van der Waals surface area (Å²) in [5.41, 5.74) is 1.47. The van der Waals surface area contributed by atoms with Crippen LogP contribution in [-0.4, -0.2) is 29.9 Å². The highest BCUT2D eigenvalue weighted by Crippen LogP contribution is 2.21. The van der Waals surface area contributed by atoms with Crippen LogP contribution in [0.15, 0.2) is 54.6 Å². The maximum atomic E-state index is 12.3. The van der Waals surface area contributed by atoms with Gasteiger partial charge in [-0.1, -0.05) is 35.9 Å². The molecule has 2 aromatic rings. The molecule has 0 atom stereocenters. The first-order chi connectivity index (χ1) is 12.1. The number of amides is 3. The minimum atomic E-state index is -0.163. The molecule has 1 aliphatic rings. The number of nitrogens with one attached hydrogen (secondary N) is 2. The van der Waals surface area contributed by atoms with Crippen molar-refractivity contribution in [1.29, 1.82) is 0 Å². The smallest absolute Gasteiger partial charge is 0.321 e. The number of carbonyl (C=O) groups is 2. The number of hydrogen-bond donors (Lipinski definition) is 2. The molecule has 0 radical (unpaired) electrons. The summed E-state index contributed by atoms with van der Waals surface area (Å²) >= 11 is 5.93. The van der Waals surface area contributed by atoms with Gasteiger partial charge in [0.05, 0.1) is 0 Å². The molecule has 0 saturated carbocycles. The summed E-state index contributed by atoms with van der Waals surface area (Å²) < 4.78 is 0. The number of benzene rings is 2. The van der Waals surface area contributed by atoms with Crippen LogP contribution < -0.4 is 10.6 Å². The van der Waals surface area contributed by atoms with Crippen LogP contribution in [0.1, 0.15) is 12.8 Å². The fraction of sp³-hybridized carbons (Fsp3) is 0.263. The lowest BCUT2D eigenvalue weighted by molar-refractivity contribution is -0.121. The fourth-order valence-electron chi connectivity index (χ4n) is 2.88. The zero-order valence-corrected chi connectivity index (χ0v) is 14.5. The standard InChI is InChI=1S/C19H20ClN3O2/c20-15-5-4-8-17(13-15)22-19(25)23-11-9-14(10-12-23)18(24)21-16-6-2-1-3-7-16/h1-8,13-14H,9-12H2,(H,21,24)(H,22,25). The van der Waals surface area contributed by atoms with Crippen LogP contribution in [0.3, 0.4) is 0 Å². The molecule has 3 rings (SSSR count). The van der Waals surface area contributed by atoms with E-state index in [2.05, 4.69) is 10.6 Å². The molecule has 25 heavy (non-hydrogen) atoms. The number of para-hydroxylation sites is 1. The molecule has 1 saturated heterocycles. The third-order valence-corrected chi connectivity index (χ3v) is 4.51. The second-order valence-electron chi connectivity index (χ2n) is 6.06. The molecule has 130 valence electrons. The zero-order chi connectivity index (χ0) is 17.6. The van der Waals surface area contributed by atoms with Crippen LogP contribution in [0.2, 0.25) is 5.02 Å². The molecule has 0 unspecified atom stereocenters. The van der Waals surface area contributed by atoms with Crippen LogP contribution in [0.25, 0.3) is 0 Å². The monoisotopic (exact) mass is 357 g/mol. The highest BCUT2D eigenvalue weighted by atomic mass is 35.5. The summed E-state index contributed by atoms with van der Waals surface area (Å²) in [5.74, 6) is -0.0588. The molecular formula is C19H20ClN3O2. The number of piperidine rings is 1. The van der Waals surface area contributed by atoms with Crippen molar-refractivity contribution in [3.63, 3.8) is 0 Å². The second-order valence-corrected chi connectivity index (χ2v) is 6.49. The van der Waals surface area contributed by atoms with Crippen molar-refractivity contribution in [2.45, 2.75) is 12.8 Å². The molecule has 0 aliphatic carbocycles. The number of carbonyl (C=O) groups excluding carboxylic acids is 2. The molecule has 3 amide bonds. The van der Waals surface area contributed by atoms with E-state index < -0.39 is 0 Å². The highest BCUT2D eigenvalue weighted by Gasteiger charge is 2.27. The Morgan fingerprint density at radius 3 is 2.28 bits per heavy atom. The van der Waals surface area contributed by atoms with Crippen molar-refractivity contribution in [3.05, 3.63) is 59.6 Å². The Kier molecular flexibility index (Phi) is 5.56. The van der Waals surface area contributed by atoms with Crippen LogP contribution in [0.5, 0.6) is 0 Å². The topological polar surface area (TPSA) is 61.4 Å². The third-order valence-electron chi connectivity index (χ3n) is 4.27. The minimum Gasteiger partial charge on any atom is -0.326 e. The molecule has 0 bridgehead atoms. The Balaban J connectivity index is 1.49. The molecule has 1 aliphatic heterocycles. The largest absolute Gasteiger partial charge is 0.326 e. The van der Waals surface area contributed by atoms with Gasteiger partial charge in [-0.25, -0.2) is 4.79 Å². The van der Waals surface area contributed by atoms with E-state index in [9.17, 15) is 9.59 Å². The van der Waals surface area contributed by atoms with Gasteiger partial charge in [-0.2, -0.15) is 0 Å². The summed E-state index contributed by atoms with van der Waals surface area (Å²) in [6.45, 7) is 1.11. The lowest BCUT2D eigenvalue weighted by atomic mass is 9.96. The van der Waals surface area contributed by atoms with Gasteiger partial charge in [-0.3, -0.25) is 4.79 Å². The first-order valence-electron chi connectivity index (χ1n) is 8.29. The van der Waals surface area contributed by atoms with E-state index in [4.69, 9.17) is 11.6 Å². The van der Waals surface area contributed by atoms with E-state index >= 15 is 0 Å². The second kappa shape index (κ2) is 8.03. The molecule has 1 heterocycles. The minimum absolute atomic E-state index is 0.0149. The number of likely N-dealkylation sites (tertiary alicyclic amines) is 1. The molecule has 6 heteroatoms. The predicted molar refractivity (Wildman–Crippen MR) is 99.8 cm³/mol. The Morgan fingerprint density at radius 1 is 0.920 bits per heavy atom. The van der Waals surface area contributed by atoms with Crippen LogP contribution >= 0.6 is 11.6 Å². The van der Waals surface area contributed by atoms with Gasteiger partial charge in [-0.15, -0.1) is 0 Å². The van der Waals surface area contributed by atoms with Crippen molar-refractivity contribution in [2.24, 2.45) is 5.92 Å². The Labute approximate surface area is 152 Å². The third kappa shape index (κ3) is 4.73. The van der Waals surface area contributed by atoms with Crippen LogP contribution in [-0.2, 0) is 4.79 Å². The van der Waals surface area contributed by atoms with E-state index in [1.807, 2.05) is 30.3 Å². The molecule has 1 fully saturated rings. The van der Waals surface area contributed by atoms with Crippen molar-refractivity contribution in [2.75, 3.05) is 23.7 Å². The summed E-state index contributed by atoms with van der Waals surface area (Å²) in [7, 11) is 0. The number of rotatable bonds is 3. The number of urea groups is 1. The number of nitrogens with zero attached hydrogens (tertiary/aromatic N) is 1. The lowest BCUT2D eigenvalue weighted by Gasteiger charge is -2.31. The molecule has 0 spiro atoms. The summed E-state index contributed by atoms with van der Waals surface area (Å²) in [6.07, 6.45) is 1.31. The average molecular weight is 358 g/mol. The SMILES string of the molecule is O=C(Nc1ccccc1)C1CCN(C(=O)Nc2cccc(Cl)c2)CC1. The van der Waals surface area contributed by atoms with Crippen molar-refractivity contribution < 1.29 is 9.59 Å². The van der Waals surface area contributed by atoms with Gasteiger partial charge in [0.15, 0.2) is 0 Å². The first kappa shape index (κ1) is 17.3. The molecule has 0 aromatic heterocycles. The number of hydrogen-bond acceptors (Lipinski definition) is 2. The normalized spacial score (nSPS) is 14.8. The fourth-order valence-corrected chi connectivity index (χ4v) is 3.07. The average Bonchev–Trinajstić information content (AvgIpc) is 2.62. The molecule has 2 N–H and O–H groups in total. The predicted octanol–water partition coefficient (Wildman–Crippen LogP) is 4.22. The Hall–Kier alpha value is -2.53. The van der Waals surface area contributed by atoms with Gasteiger partial charge in [0.2, 0.25) is 5.91 Å². The quantitative estimate of drug-likeness (QED) is 0.863. The lowest BCUT2D eigenvalue weighted by Crippen LogP contribution is -2.43. The van der Waals surface area contributed by atoms with Gasteiger partial charge in [0.1, 0.15) is 0 Å². The summed E-state index contributed by atoms with van der Waals surface area (Å²) in [5, 5.41) is 6.35. The van der Waals surface area contributed by atoms with Gasteiger partial charge >= 0.3 is 6.03 Å². The van der Waals surface area contributed by atoms with E-state index in [0.29, 0.717) is 36.6 Å². The van der Waals surface area contributed by atoms with Crippen molar-refractivity contribution in [3.8, 4) is 0 Å². The molecule has 5 nitrogen and oxygen atoms in total. The Bertz CT molecular complexity index is 743. The molecule has 2 aromatic carbocycles. The van der Waals surface area contributed by atoms with Crippen molar-refractivity contribution >= 4 is 34.9 Å². The van der Waals surface area contributed by atoms with E-state index in [0.717, 1.165) is 5.69 Å². The molecular weight excluding hydrogens is 338 g/mol. The van der Waals surface area contributed by atoms with E-state index in [1.165, 1.54) is 0 Å². The maximum Gasteiger partial charge on any atom is 0.321 e. The van der Waals surface area contributed by atoms with Gasteiger partial charge < -0.3 is 15.5 Å². The van der Waals surface area contributed by atoms with Crippen LogP contribution in [0.4, 0.5) is 16.2 Å². The van der Waals surface area contributed by atoms with Gasteiger partial charge in [0.25, 0.3) is 0 Å². The van der Waals surface area contributed by atoms with Crippen molar-refractivity contribution in [1.82, 2.24) is 4.90 Å². The highest BCUT2D eigenvalue weighted by molar-refractivity contribution is 6.30. The van der Waals surface area contributed by atoms with Crippen LogP contribution in [0, 0.1) is 5.92 Å².